The van der Waals surface area contributed by atoms with Gasteiger partial charge in [-0.1, -0.05) is 23.7 Å². The molecule has 2 aromatic carbocycles. The minimum Gasteiger partial charge on any atom is -0.462 e. The average Bonchev–Trinajstić information content (AvgIpc) is 2.93. The van der Waals surface area contributed by atoms with Crippen LogP contribution in [0.15, 0.2) is 70.3 Å². The normalized spacial score (nSPS) is 15.5. The highest BCUT2D eigenvalue weighted by Crippen LogP contribution is 2.36. The van der Waals surface area contributed by atoms with Gasteiger partial charge < -0.3 is 4.74 Å². The summed E-state index contributed by atoms with van der Waals surface area (Å²) in [6.45, 7) is 3.73. The second kappa shape index (κ2) is 8.67. The zero-order valence-corrected chi connectivity index (χ0v) is 17.4. The van der Waals surface area contributed by atoms with Gasteiger partial charge in [0.15, 0.2) is 0 Å². The van der Waals surface area contributed by atoms with Crippen molar-refractivity contribution in [2.24, 2.45) is 0 Å². The van der Waals surface area contributed by atoms with Gasteiger partial charge in [-0.2, -0.15) is 0 Å². The molecule has 3 rings (SSSR count). The highest BCUT2D eigenvalue weighted by Gasteiger charge is 2.38. The number of nitrogens with zero attached hydrogens (tertiary/aromatic N) is 1. The molecule has 2 aromatic rings. The smallest absolute Gasteiger partial charge is 0.340 e. The van der Waals surface area contributed by atoms with Crippen LogP contribution >= 0.6 is 23.4 Å². The van der Waals surface area contributed by atoms with Gasteiger partial charge in [-0.05, 0) is 68.1 Å². The third-order valence-corrected chi connectivity index (χ3v) is 5.39. The second-order valence-corrected chi connectivity index (χ2v) is 7.45. The highest BCUT2D eigenvalue weighted by molar-refractivity contribution is 7.98. The summed E-state index contributed by atoms with van der Waals surface area (Å²) in [7, 11) is 0. The molecule has 0 saturated heterocycles. The van der Waals surface area contributed by atoms with Gasteiger partial charge in [0, 0.05) is 21.3 Å². The first-order chi connectivity index (χ1) is 13.5. The van der Waals surface area contributed by atoms with Crippen molar-refractivity contribution < 1.29 is 14.3 Å². The molecule has 0 fully saturated rings. The molecule has 1 aliphatic heterocycles. The molecule has 1 heterocycles. The summed E-state index contributed by atoms with van der Waals surface area (Å²) in [6.07, 6.45) is 3.74. The lowest BCUT2D eigenvalue weighted by Gasteiger charge is -2.18. The van der Waals surface area contributed by atoms with Crippen molar-refractivity contribution >= 4 is 47.0 Å². The second-order valence-electron chi connectivity index (χ2n) is 6.13. The van der Waals surface area contributed by atoms with Gasteiger partial charge in [0.05, 0.1) is 17.8 Å². The summed E-state index contributed by atoms with van der Waals surface area (Å²) < 4.78 is 5.21. The van der Waals surface area contributed by atoms with Crippen LogP contribution in [-0.4, -0.2) is 24.7 Å². The first-order valence-electron chi connectivity index (χ1n) is 8.80. The number of amides is 1. The van der Waals surface area contributed by atoms with Crippen molar-refractivity contribution in [1.82, 2.24) is 0 Å². The summed E-state index contributed by atoms with van der Waals surface area (Å²) in [6, 6.07) is 14.7. The van der Waals surface area contributed by atoms with Gasteiger partial charge >= 0.3 is 5.97 Å². The lowest BCUT2D eigenvalue weighted by atomic mass is 10.0. The standard InChI is InChI=1S/C22H20ClNO3S/c1-4-27-22(26)20-14(2)24(17-9-7-16(23)8-10-17)21(25)19(20)13-15-5-11-18(28-3)12-6-15/h5-13H,4H2,1-3H3. The summed E-state index contributed by atoms with van der Waals surface area (Å²) in [5.74, 6) is -0.770. The lowest BCUT2D eigenvalue weighted by molar-refractivity contribution is -0.138. The Morgan fingerprint density at radius 3 is 2.36 bits per heavy atom. The Kier molecular flexibility index (Phi) is 6.27. The number of hydrogen-bond acceptors (Lipinski definition) is 4. The Morgan fingerprint density at radius 1 is 1.14 bits per heavy atom. The molecule has 0 aliphatic carbocycles. The van der Waals surface area contributed by atoms with E-state index in [4.69, 9.17) is 16.3 Å². The van der Waals surface area contributed by atoms with Gasteiger partial charge in [-0.25, -0.2) is 4.79 Å². The first-order valence-corrected chi connectivity index (χ1v) is 10.4. The molecule has 0 radical (unpaired) electrons. The van der Waals surface area contributed by atoms with Gasteiger partial charge in [0.1, 0.15) is 0 Å². The number of anilines is 1. The third kappa shape index (κ3) is 4.01. The predicted octanol–water partition coefficient (Wildman–Crippen LogP) is 5.33. The van der Waals surface area contributed by atoms with Crippen LogP contribution in [0, 0.1) is 0 Å². The maximum absolute atomic E-state index is 13.2. The van der Waals surface area contributed by atoms with Gasteiger partial charge in [-0.3, -0.25) is 9.69 Å². The van der Waals surface area contributed by atoms with Gasteiger partial charge in [0.25, 0.3) is 5.91 Å². The Balaban J connectivity index is 2.08. The maximum atomic E-state index is 13.2. The Hall–Kier alpha value is -2.50. The van der Waals surface area contributed by atoms with Crippen LogP contribution in [0.4, 0.5) is 5.69 Å². The molecule has 0 unspecified atom stereocenters. The molecule has 1 amide bonds. The van der Waals surface area contributed by atoms with E-state index in [1.165, 1.54) is 4.90 Å². The molecular weight excluding hydrogens is 394 g/mol. The number of allylic oxidation sites excluding steroid dienone is 1. The van der Waals surface area contributed by atoms with Crippen molar-refractivity contribution in [3.05, 3.63) is 76.0 Å². The fourth-order valence-electron chi connectivity index (χ4n) is 3.05. The first kappa shape index (κ1) is 20.2. The molecule has 1 aliphatic rings. The Bertz CT molecular complexity index is 962. The van der Waals surface area contributed by atoms with E-state index in [1.807, 2.05) is 30.5 Å². The van der Waals surface area contributed by atoms with Crippen molar-refractivity contribution in [3.8, 4) is 0 Å². The van der Waals surface area contributed by atoms with Crippen molar-refractivity contribution in [2.75, 3.05) is 17.8 Å². The number of halogens is 1. The molecule has 28 heavy (non-hydrogen) atoms. The van der Waals surface area contributed by atoms with Crippen LogP contribution < -0.4 is 4.90 Å². The maximum Gasteiger partial charge on any atom is 0.340 e. The predicted molar refractivity (Wildman–Crippen MR) is 114 cm³/mol. The number of ether oxygens (including phenoxy) is 1. The summed E-state index contributed by atoms with van der Waals surface area (Å²) >= 11 is 7.61. The van der Waals surface area contributed by atoms with E-state index in [0.29, 0.717) is 22.0 Å². The van der Waals surface area contributed by atoms with E-state index in [1.54, 1.807) is 56.0 Å². The molecule has 0 bridgehead atoms. The van der Waals surface area contributed by atoms with E-state index in [9.17, 15) is 9.59 Å². The van der Waals surface area contributed by atoms with Gasteiger partial charge in [0.2, 0.25) is 0 Å². The third-order valence-electron chi connectivity index (χ3n) is 4.39. The largest absolute Gasteiger partial charge is 0.462 e. The van der Waals surface area contributed by atoms with Crippen molar-refractivity contribution in [3.63, 3.8) is 0 Å². The average molecular weight is 414 g/mol. The van der Waals surface area contributed by atoms with Crippen LogP contribution in [0.5, 0.6) is 0 Å². The number of rotatable bonds is 5. The van der Waals surface area contributed by atoms with Crippen LogP contribution in [0.25, 0.3) is 6.08 Å². The molecule has 6 heteroatoms. The van der Waals surface area contributed by atoms with Crippen LogP contribution in [-0.2, 0) is 14.3 Å². The van der Waals surface area contributed by atoms with E-state index >= 15 is 0 Å². The number of carbonyl (C=O) groups excluding carboxylic acids is 2. The fourth-order valence-corrected chi connectivity index (χ4v) is 3.58. The van der Waals surface area contributed by atoms with E-state index in [0.717, 1.165) is 10.5 Å². The van der Waals surface area contributed by atoms with E-state index < -0.39 is 5.97 Å². The fraction of sp³-hybridized carbons (Fsp3) is 0.182. The number of carbonyl (C=O) groups is 2. The zero-order valence-electron chi connectivity index (χ0n) is 15.9. The number of thioether (sulfide) groups is 1. The van der Waals surface area contributed by atoms with Crippen LogP contribution in [0.3, 0.4) is 0 Å². The molecule has 0 atom stereocenters. The molecule has 0 N–H and O–H groups in total. The van der Waals surface area contributed by atoms with Crippen LogP contribution in [0.1, 0.15) is 19.4 Å². The topological polar surface area (TPSA) is 46.6 Å². The van der Waals surface area contributed by atoms with Crippen molar-refractivity contribution in [2.45, 2.75) is 18.7 Å². The van der Waals surface area contributed by atoms with Gasteiger partial charge in [-0.15, -0.1) is 11.8 Å². The van der Waals surface area contributed by atoms with E-state index in [2.05, 4.69) is 0 Å². The summed E-state index contributed by atoms with van der Waals surface area (Å²) in [5.41, 5.74) is 2.64. The molecule has 4 nitrogen and oxygen atoms in total. The summed E-state index contributed by atoms with van der Waals surface area (Å²) in [4.78, 5) is 28.5. The number of esters is 1. The molecule has 0 aromatic heterocycles. The monoisotopic (exact) mass is 413 g/mol. The quantitative estimate of drug-likeness (QED) is 0.377. The molecular formula is C22H20ClNO3S. The molecule has 0 saturated carbocycles. The Labute approximate surface area is 173 Å². The Morgan fingerprint density at radius 2 is 1.79 bits per heavy atom. The minimum absolute atomic E-state index is 0.237. The molecule has 144 valence electrons. The zero-order chi connectivity index (χ0) is 20.3. The minimum atomic E-state index is -0.503. The highest BCUT2D eigenvalue weighted by atomic mass is 35.5. The van der Waals surface area contributed by atoms with Crippen LogP contribution in [0.2, 0.25) is 5.02 Å². The number of hydrogen-bond donors (Lipinski definition) is 0. The molecule has 0 spiro atoms. The van der Waals surface area contributed by atoms with Crippen molar-refractivity contribution in [1.29, 1.82) is 0 Å². The SMILES string of the molecule is CCOC(=O)C1=C(C)N(c2ccc(Cl)cc2)C(=O)C1=Cc1ccc(SC)cc1. The number of benzene rings is 2. The summed E-state index contributed by atoms with van der Waals surface area (Å²) in [5, 5.41) is 0.576. The van der Waals surface area contributed by atoms with E-state index in [-0.39, 0.29) is 18.1 Å². The lowest BCUT2D eigenvalue weighted by Crippen LogP contribution is -2.24.